The lowest BCUT2D eigenvalue weighted by Gasteiger charge is -2.14. The second-order valence-electron chi connectivity index (χ2n) is 7.61. The number of benzene rings is 2. The van der Waals surface area contributed by atoms with Gasteiger partial charge in [-0.1, -0.05) is 45.8 Å². The molecule has 1 fully saturated rings. The summed E-state index contributed by atoms with van der Waals surface area (Å²) in [7, 11) is 1.53. The van der Waals surface area contributed by atoms with Crippen molar-refractivity contribution in [1.82, 2.24) is 4.90 Å². The molecule has 1 aliphatic rings. The van der Waals surface area contributed by atoms with E-state index >= 15 is 0 Å². The molecule has 2 aromatic carbocycles. The maximum absolute atomic E-state index is 12.7. The van der Waals surface area contributed by atoms with E-state index in [1.54, 1.807) is 32.1 Å². The van der Waals surface area contributed by atoms with E-state index in [1.807, 2.05) is 31.2 Å². The number of carbonyl (C=O) groups excluding carboxylic acids is 3. The molecule has 7 nitrogen and oxygen atoms in total. The summed E-state index contributed by atoms with van der Waals surface area (Å²) in [5.74, 6) is -0.160. The molecule has 0 N–H and O–H groups in total. The van der Waals surface area contributed by atoms with Crippen LogP contribution in [-0.2, 0) is 20.9 Å². The zero-order valence-electron chi connectivity index (χ0n) is 18.7. The van der Waals surface area contributed by atoms with Crippen molar-refractivity contribution in [2.24, 2.45) is 0 Å². The molecule has 0 bridgehead atoms. The van der Waals surface area contributed by atoms with Crippen molar-refractivity contribution >= 4 is 50.9 Å². The molecule has 0 spiro atoms. The number of hydrogen-bond donors (Lipinski definition) is 0. The summed E-state index contributed by atoms with van der Waals surface area (Å²) in [6.45, 7) is 5.37. The largest absolute Gasteiger partial charge is 0.493 e. The van der Waals surface area contributed by atoms with Crippen LogP contribution in [0.15, 0.2) is 45.8 Å². The fourth-order valence-electron chi connectivity index (χ4n) is 3.10. The first-order chi connectivity index (χ1) is 15.7. The number of imide groups is 1. The highest BCUT2D eigenvalue weighted by atomic mass is 79.9. The molecule has 0 aromatic heterocycles. The molecule has 0 aliphatic carbocycles. The topological polar surface area (TPSA) is 82.1 Å². The van der Waals surface area contributed by atoms with Crippen molar-refractivity contribution in [2.75, 3.05) is 13.7 Å². The highest BCUT2D eigenvalue weighted by Crippen LogP contribution is 2.38. The van der Waals surface area contributed by atoms with Gasteiger partial charge in [0.2, 0.25) is 0 Å². The fourth-order valence-corrected chi connectivity index (χ4v) is 4.37. The molecule has 0 radical (unpaired) electrons. The Hall–Kier alpha value is -2.78. The Morgan fingerprint density at radius 1 is 1.18 bits per heavy atom. The first kappa shape index (κ1) is 24.9. The van der Waals surface area contributed by atoms with Crippen LogP contribution in [0.2, 0.25) is 0 Å². The van der Waals surface area contributed by atoms with Crippen LogP contribution in [0.1, 0.15) is 30.5 Å². The molecule has 0 unspecified atom stereocenters. The number of halogens is 1. The van der Waals surface area contributed by atoms with Crippen molar-refractivity contribution in [2.45, 2.75) is 33.5 Å². The van der Waals surface area contributed by atoms with Gasteiger partial charge in [-0.3, -0.25) is 19.3 Å². The van der Waals surface area contributed by atoms with E-state index < -0.39 is 23.7 Å². The van der Waals surface area contributed by atoms with Gasteiger partial charge in [-0.2, -0.15) is 0 Å². The molecule has 2 amide bonds. The smallest absolute Gasteiger partial charge is 0.326 e. The molecular formula is C24H24BrNO6S. The maximum atomic E-state index is 12.7. The van der Waals surface area contributed by atoms with Gasteiger partial charge in [-0.15, -0.1) is 0 Å². The van der Waals surface area contributed by atoms with Crippen molar-refractivity contribution in [3.8, 4) is 11.5 Å². The lowest BCUT2D eigenvalue weighted by atomic mass is 10.1. The molecule has 33 heavy (non-hydrogen) atoms. The number of aryl methyl sites for hydroxylation is 1. The number of nitrogens with zero attached hydrogens (tertiary/aromatic N) is 1. The van der Waals surface area contributed by atoms with Crippen LogP contribution in [0.25, 0.3) is 6.08 Å². The van der Waals surface area contributed by atoms with E-state index in [4.69, 9.17) is 14.2 Å². The van der Waals surface area contributed by atoms with Crippen molar-refractivity contribution in [3.63, 3.8) is 0 Å². The molecule has 0 atom stereocenters. The van der Waals surface area contributed by atoms with Crippen LogP contribution < -0.4 is 9.47 Å². The van der Waals surface area contributed by atoms with Gasteiger partial charge >= 0.3 is 5.97 Å². The van der Waals surface area contributed by atoms with Gasteiger partial charge in [-0.25, -0.2) is 0 Å². The molecule has 0 saturated carbocycles. The Balaban J connectivity index is 1.78. The Bertz CT molecular complexity index is 1110. The summed E-state index contributed by atoms with van der Waals surface area (Å²) in [5, 5.41) is -0.520. The summed E-state index contributed by atoms with van der Waals surface area (Å²) in [4.78, 5) is 37.9. The van der Waals surface area contributed by atoms with E-state index in [2.05, 4.69) is 15.9 Å². The SMILES string of the molecule is COc1cc(/C=C2/SC(=O)N(CC(=O)OC(C)C)C2=O)c(Br)cc1OCc1cccc(C)c1. The summed E-state index contributed by atoms with van der Waals surface area (Å²) >= 11 is 4.27. The van der Waals surface area contributed by atoms with E-state index in [1.165, 1.54) is 7.11 Å². The van der Waals surface area contributed by atoms with Gasteiger partial charge in [0.15, 0.2) is 11.5 Å². The molecular weight excluding hydrogens is 510 g/mol. The zero-order valence-corrected chi connectivity index (χ0v) is 21.1. The second-order valence-corrected chi connectivity index (χ2v) is 9.46. The normalized spacial score (nSPS) is 14.8. The van der Waals surface area contributed by atoms with Crippen LogP contribution in [0.4, 0.5) is 4.79 Å². The standard InChI is InChI=1S/C24H24BrNO6S/c1-14(2)32-22(27)12-26-23(28)21(33-24(26)29)10-17-9-19(30-4)20(11-18(17)25)31-13-16-7-5-6-15(3)8-16/h5-11,14H,12-13H2,1-4H3/b21-10+. The van der Waals surface area contributed by atoms with E-state index in [9.17, 15) is 14.4 Å². The summed E-state index contributed by atoms with van der Waals surface area (Å²) in [6, 6.07) is 11.5. The average molecular weight is 534 g/mol. The first-order valence-electron chi connectivity index (χ1n) is 10.2. The van der Waals surface area contributed by atoms with Gasteiger partial charge in [0.05, 0.1) is 18.1 Å². The van der Waals surface area contributed by atoms with Crippen molar-refractivity contribution in [1.29, 1.82) is 0 Å². The lowest BCUT2D eigenvalue weighted by molar-refractivity contribution is -0.149. The maximum Gasteiger partial charge on any atom is 0.326 e. The Kier molecular flexibility index (Phi) is 8.20. The number of amides is 2. The predicted molar refractivity (Wildman–Crippen MR) is 130 cm³/mol. The van der Waals surface area contributed by atoms with Crippen molar-refractivity contribution < 1.29 is 28.6 Å². The van der Waals surface area contributed by atoms with E-state index in [-0.39, 0.29) is 11.0 Å². The molecule has 1 saturated heterocycles. The van der Waals surface area contributed by atoms with E-state index in [0.717, 1.165) is 27.8 Å². The van der Waals surface area contributed by atoms with Gasteiger partial charge in [0, 0.05) is 4.47 Å². The third-order valence-corrected chi connectivity index (χ3v) is 6.17. The van der Waals surface area contributed by atoms with Gasteiger partial charge in [-0.05, 0) is 61.9 Å². The Morgan fingerprint density at radius 3 is 2.61 bits per heavy atom. The molecule has 9 heteroatoms. The number of rotatable bonds is 8. The van der Waals surface area contributed by atoms with E-state index in [0.29, 0.717) is 28.1 Å². The number of methoxy groups -OCH3 is 1. The van der Waals surface area contributed by atoms with Crippen LogP contribution in [0.3, 0.4) is 0 Å². The quantitative estimate of drug-likeness (QED) is 0.334. The predicted octanol–water partition coefficient (Wildman–Crippen LogP) is 5.33. The number of esters is 1. The number of ether oxygens (including phenoxy) is 3. The minimum Gasteiger partial charge on any atom is -0.493 e. The first-order valence-corrected chi connectivity index (χ1v) is 11.8. The third-order valence-electron chi connectivity index (χ3n) is 4.57. The van der Waals surface area contributed by atoms with Gasteiger partial charge in [0.25, 0.3) is 11.1 Å². The zero-order chi connectivity index (χ0) is 24.1. The number of thioether (sulfide) groups is 1. The molecule has 1 heterocycles. The third kappa shape index (κ3) is 6.39. The van der Waals surface area contributed by atoms with Crippen LogP contribution in [0, 0.1) is 6.92 Å². The molecule has 1 aliphatic heterocycles. The number of hydrogen-bond acceptors (Lipinski definition) is 7. The average Bonchev–Trinajstić information content (AvgIpc) is 3.00. The molecule has 174 valence electrons. The van der Waals surface area contributed by atoms with Crippen molar-refractivity contribution in [3.05, 3.63) is 62.5 Å². The molecule has 2 aromatic rings. The minimum absolute atomic E-state index is 0.202. The lowest BCUT2D eigenvalue weighted by Crippen LogP contribution is -2.35. The summed E-state index contributed by atoms with van der Waals surface area (Å²) < 4.78 is 17.1. The molecule has 3 rings (SSSR count). The highest BCUT2D eigenvalue weighted by Gasteiger charge is 2.37. The highest BCUT2D eigenvalue weighted by molar-refractivity contribution is 9.10. The Morgan fingerprint density at radius 2 is 1.94 bits per heavy atom. The van der Waals surface area contributed by atoms with Gasteiger partial charge < -0.3 is 14.2 Å². The summed E-state index contributed by atoms with van der Waals surface area (Å²) in [6.07, 6.45) is 1.25. The second kappa shape index (κ2) is 10.9. The number of carbonyl (C=O) groups is 3. The minimum atomic E-state index is -0.633. The van der Waals surface area contributed by atoms with Crippen LogP contribution in [0.5, 0.6) is 11.5 Å². The van der Waals surface area contributed by atoms with Crippen LogP contribution in [-0.4, -0.2) is 41.8 Å². The summed E-state index contributed by atoms with van der Waals surface area (Å²) in [5.41, 5.74) is 2.80. The Labute approximate surface area is 205 Å². The fraction of sp³-hybridized carbons (Fsp3) is 0.292. The van der Waals surface area contributed by atoms with Crippen LogP contribution >= 0.6 is 27.7 Å². The monoisotopic (exact) mass is 533 g/mol. The van der Waals surface area contributed by atoms with Gasteiger partial charge in [0.1, 0.15) is 13.2 Å².